The van der Waals surface area contributed by atoms with Crippen molar-refractivity contribution >= 4 is 27.9 Å². The fourth-order valence-corrected chi connectivity index (χ4v) is 1.70. The van der Waals surface area contributed by atoms with Crippen molar-refractivity contribution in [3.63, 3.8) is 0 Å². The quantitative estimate of drug-likeness (QED) is 0.805. The van der Waals surface area contributed by atoms with E-state index in [0.29, 0.717) is 4.47 Å². The van der Waals surface area contributed by atoms with Gasteiger partial charge >= 0.3 is 11.9 Å². The number of carbonyl (C=O) groups excluding carboxylic acids is 1. The van der Waals surface area contributed by atoms with Crippen LogP contribution in [0.25, 0.3) is 0 Å². The van der Waals surface area contributed by atoms with E-state index in [0.717, 1.165) is 5.56 Å². The molecule has 0 aliphatic rings. The van der Waals surface area contributed by atoms with Crippen LogP contribution in [0.15, 0.2) is 16.6 Å². The molecule has 1 aromatic rings. The van der Waals surface area contributed by atoms with Crippen molar-refractivity contribution in [3.05, 3.63) is 33.3 Å². The van der Waals surface area contributed by atoms with Crippen LogP contribution in [0.3, 0.4) is 0 Å². The van der Waals surface area contributed by atoms with Crippen molar-refractivity contribution in [2.24, 2.45) is 0 Å². The summed E-state index contributed by atoms with van der Waals surface area (Å²) in [5, 5.41) is 9.11. The summed E-state index contributed by atoms with van der Waals surface area (Å²) >= 11 is 3.28. The van der Waals surface area contributed by atoms with Crippen LogP contribution in [-0.2, 0) is 4.74 Å². The molecule has 1 aromatic carbocycles. The summed E-state index contributed by atoms with van der Waals surface area (Å²) in [6.45, 7) is 11.0. The lowest BCUT2D eigenvalue weighted by Crippen LogP contribution is -2.25. The number of carboxylic acids is 1. The fraction of sp³-hybridized carbons (Fsp3) is 0.467. The summed E-state index contributed by atoms with van der Waals surface area (Å²) in [5.41, 5.74) is 0.0871. The van der Waals surface area contributed by atoms with Gasteiger partial charge in [0, 0.05) is 4.47 Å². The lowest BCUT2D eigenvalue weighted by atomic mass is 10.0. The minimum Gasteiger partial charge on any atom is -0.478 e. The van der Waals surface area contributed by atoms with Gasteiger partial charge in [-0.2, -0.15) is 0 Å². The second-order valence-electron chi connectivity index (χ2n) is 4.95. The van der Waals surface area contributed by atoms with Crippen LogP contribution in [0.5, 0.6) is 0 Å². The second-order valence-corrected chi connectivity index (χ2v) is 5.81. The number of esters is 1. The Morgan fingerprint density at radius 2 is 1.65 bits per heavy atom. The Morgan fingerprint density at radius 3 is 2.05 bits per heavy atom. The number of hydrogen-bond acceptors (Lipinski definition) is 3. The van der Waals surface area contributed by atoms with Gasteiger partial charge in [-0.25, -0.2) is 9.59 Å². The zero-order valence-corrected chi connectivity index (χ0v) is 14.3. The fourth-order valence-electron chi connectivity index (χ4n) is 1.36. The molecule has 0 bridgehead atoms. The van der Waals surface area contributed by atoms with Crippen LogP contribution >= 0.6 is 15.9 Å². The molecule has 0 unspecified atom stereocenters. The van der Waals surface area contributed by atoms with Crippen LogP contribution in [0.1, 0.15) is 60.9 Å². The van der Waals surface area contributed by atoms with Crippen molar-refractivity contribution in [2.45, 2.75) is 47.1 Å². The topological polar surface area (TPSA) is 63.6 Å². The molecule has 0 spiro atoms. The molecule has 0 saturated heterocycles. The average molecular weight is 345 g/mol. The SMILES string of the molecule is CC.Cc1cc(C(=O)O)c(C(=O)OC(C)(C)C)cc1Br. The van der Waals surface area contributed by atoms with E-state index in [1.807, 2.05) is 13.8 Å². The van der Waals surface area contributed by atoms with Crippen molar-refractivity contribution in [1.29, 1.82) is 0 Å². The molecule has 0 fully saturated rings. The predicted molar refractivity (Wildman–Crippen MR) is 82.4 cm³/mol. The maximum atomic E-state index is 11.9. The number of rotatable bonds is 2. The van der Waals surface area contributed by atoms with Crippen LogP contribution in [0.2, 0.25) is 0 Å². The smallest absolute Gasteiger partial charge is 0.339 e. The second kappa shape index (κ2) is 7.43. The standard InChI is InChI=1S/C13H15BrO4.C2H6/c1-7-5-8(11(15)16)9(6-10(7)14)12(17)18-13(2,3)4;1-2/h5-6H,1-4H3,(H,15,16);1-2H3. The normalized spacial score (nSPS) is 10.3. The first-order valence-electron chi connectivity index (χ1n) is 6.38. The Balaban J connectivity index is 0.00000172. The lowest BCUT2D eigenvalue weighted by Gasteiger charge is -2.20. The molecule has 112 valence electrons. The first-order valence-corrected chi connectivity index (χ1v) is 7.18. The monoisotopic (exact) mass is 344 g/mol. The summed E-state index contributed by atoms with van der Waals surface area (Å²) in [7, 11) is 0. The van der Waals surface area contributed by atoms with E-state index < -0.39 is 17.5 Å². The minimum atomic E-state index is -1.15. The molecule has 1 rings (SSSR count). The van der Waals surface area contributed by atoms with Gasteiger partial charge in [0.2, 0.25) is 0 Å². The van der Waals surface area contributed by atoms with Gasteiger partial charge in [-0.1, -0.05) is 29.8 Å². The summed E-state index contributed by atoms with van der Waals surface area (Å²) in [6, 6.07) is 2.93. The van der Waals surface area contributed by atoms with E-state index in [1.54, 1.807) is 27.7 Å². The van der Waals surface area contributed by atoms with E-state index >= 15 is 0 Å². The molecule has 0 aromatic heterocycles. The Kier molecular flexibility index (Phi) is 6.92. The third-order valence-corrected chi connectivity index (χ3v) is 3.00. The summed E-state index contributed by atoms with van der Waals surface area (Å²) in [6.07, 6.45) is 0. The van der Waals surface area contributed by atoms with E-state index in [-0.39, 0.29) is 11.1 Å². The van der Waals surface area contributed by atoms with E-state index in [4.69, 9.17) is 9.84 Å². The van der Waals surface area contributed by atoms with Gasteiger partial charge in [0.05, 0.1) is 11.1 Å². The number of carbonyl (C=O) groups is 2. The predicted octanol–water partition coefficient (Wildman–Crippen LogP) is 4.44. The summed E-state index contributed by atoms with van der Waals surface area (Å²) in [5.74, 6) is -1.79. The van der Waals surface area contributed by atoms with Crippen molar-refractivity contribution in [1.82, 2.24) is 0 Å². The molecule has 0 heterocycles. The first kappa shape index (κ1) is 18.6. The number of ether oxygens (including phenoxy) is 1. The number of aromatic carboxylic acids is 1. The van der Waals surface area contributed by atoms with Gasteiger partial charge in [0.1, 0.15) is 5.60 Å². The molecule has 0 radical (unpaired) electrons. The Labute approximate surface area is 128 Å². The van der Waals surface area contributed by atoms with Gasteiger partial charge in [0.25, 0.3) is 0 Å². The van der Waals surface area contributed by atoms with Crippen LogP contribution in [0, 0.1) is 6.92 Å². The highest BCUT2D eigenvalue weighted by molar-refractivity contribution is 9.10. The number of benzene rings is 1. The first-order chi connectivity index (χ1) is 9.11. The van der Waals surface area contributed by atoms with Crippen molar-refractivity contribution in [2.75, 3.05) is 0 Å². The molecule has 5 heteroatoms. The Hall–Kier alpha value is -1.36. The molecular weight excluding hydrogens is 324 g/mol. The highest BCUT2D eigenvalue weighted by Gasteiger charge is 2.23. The Morgan fingerprint density at radius 1 is 1.15 bits per heavy atom. The number of carboxylic acid groups (broad SMARTS) is 1. The van der Waals surface area contributed by atoms with Crippen molar-refractivity contribution < 1.29 is 19.4 Å². The molecule has 4 nitrogen and oxygen atoms in total. The van der Waals surface area contributed by atoms with Gasteiger partial charge in [-0.05, 0) is 45.4 Å². The molecule has 0 atom stereocenters. The van der Waals surface area contributed by atoms with Gasteiger partial charge in [-0.3, -0.25) is 0 Å². The molecule has 0 aliphatic heterocycles. The Bertz CT molecular complexity index is 501. The molecule has 0 saturated carbocycles. The third kappa shape index (κ3) is 5.33. The molecule has 0 aliphatic carbocycles. The number of halogens is 1. The maximum absolute atomic E-state index is 11.9. The zero-order valence-electron chi connectivity index (χ0n) is 12.7. The molecule has 20 heavy (non-hydrogen) atoms. The van der Waals surface area contributed by atoms with Crippen LogP contribution in [-0.4, -0.2) is 22.6 Å². The molecule has 0 amide bonds. The molecular formula is C15H21BrO4. The van der Waals surface area contributed by atoms with Crippen LogP contribution in [0.4, 0.5) is 0 Å². The van der Waals surface area contributed by atoms with E-state index in [2.05, 4.69) is 15.9 Å². The number of aryl methyl sites for hydroxylation is 1. The summed E-state index contributed by atoms with van der Waals surface area (Å²) in [4.78, 5) is 23.1. The van der Waals surface area contributed by atoms with Gasteiger partial charge < -0.3 is 9.84 Å². The van der Waals surface area contributed by atoms with Crippen molar-refractivity contribution in [3.8, 4) is 0 Å². The maximum Gasteiger partial charge on any atom is 0.339 e. The molecule has 1 N–H and O–H groups in total. The number of hydrogen-bond donors (Lipinski definition) is 1. The van der Waals surface area contributed by atoms with Gasteiger partial charge in [0.15, 0.2) is 0 Å². The third-order valence-electron chi connectivity index (χ3n) is 2.15. The highest BCUT2D eigenvalue weighted by atomic mass is 79.9. The highest BCUT2D eigenvalue weighted by Crippen LogP contribution is 2.23. The van der Waals surface area contributed by atoms with Gasteiger partial charge in [-0.15, -0.1) is 0 Å². The minimum absolute atomic E-state index is 0.0508. The largest absolute Gasteiger partial charge is 0.478 e. The zero-order chi connectivity index (χ0) is 16.1. The summed E-state index contributed by atoms with van der Waals surface area (Å²) < 4.78 is 5.86. The van der Waals surface area contributed by atoms with Crippen LogP contribution < -0.4 is 0 Å². The lowest BCUT2D eigenvalue weighted by molar-refractivity contribution is 0.00658. The average Bonchev–Trinajstić information content (AvgIpc) is 2.32. The van der Waals surface area contributed by atoms with E-state index in [1.165, 1.54) is 12.1 Å². The van der Waals surface area contributed by atoms with E-state index in [9.17, 15) is 9.59 Å².